The Morgan fingerprint density at radius 3 is 1.67 bits per heavy atom. The second kappa shape index (κ2) is 13.5. The normalized spacial score (nSPS) is 12.8. The second-order valence-corrected chi connectivity index (χ2v) is 18.6. The lowest BCUT2D eigenvalue weighted by Gasteiger charge is -2.39. The Morgan fingerprint density at radius 1 is 0.351 bits per heavy atom. The van der Waals surface area contributed by atoms with Crippen LogP contribution in [0.15, 0.2) is 224 Å². The molecular formula is C54H37NOSi. The first kappa shape index (κ1) is 33.2. The molecular weight excluding hydrogens is 707 g/mol. The Labute approximate surface area is 333 Å². The molecule has 11 rings (SSSR count). The largest absolute Gasteiger partial charge is 0.458 e. The van der Waals surface area contributed by atoms with Crippen LogP contribution in [0, 0.1) is 0 Å². The molecule has 268 valence electrons. The minimum absolute atomic E-state index is 0.944. The molecule has 2 nitrogen and oxygen atoms in total. The fourth-order valence-corrected chi connectivity index (χ4v) is 14.1. The van der Waals surface area contributed by atoms with E-state index in [0.717, 1.165) is 28.6 Å². The molecule has 1 aliphatic heterocycles. The maximum absolute atomic E-state index is 6.60. The van der Waals surface area contributed by atoms with Crippen LogP contribution in [-0.2, 0) is 0 Å². The minimum Gasteiger partial charge on any atom is -0.458 e. The molecule has 1 heterocycles. The van der Waals surface area contributed by atoms with Crippen LogP contribution in [0.1, 0.15) is 0 Å². The van der Waals surface area contributed by atoms with Crippen molar-refractivity contribution in [3.05, 3.63) is 224 Å². The van der Waals surface area contributed by atoms with E-state index in [9.17, 15) is 0 Å². The predicted octanol–water partition coefficient (Wildman–Crippen LogP) is 11.8. The van der Waals surface area contributed by atoms with Crippen molar-refractivity contribution in [1.29, 1.82) is 0 Å². The smallest absolute Gasteiger partial charge is 0.188 e. The van der Waals surface area contributed by atoms with E-state index >= 15 is 0 Å². The van der Waals surface area contributed by atoms with Crippen molar-refractivity contribution in [2.75, 3.05) is 4.90 Å². The molecule has 10 aromatic rings. The molecule has 57 heavy (non-hydrogen) atoms. The number of hydrogen-bond donors (Lipinski definition) is 0. The lowest BCUT2D eigenvalue weighted by molar-refractivity contribution is 0.487. The van der Waals surface area contributed by atoms with Crippen LogP contribution in [0.3, 0.4) is 0 Å². The molecule has 0 N–H and O–H groups in total. The summed E-state index contributed by atoms with van der Waals surface area (Å²) in [6.45, 7) is 0. The summed E-state index contributed by atoms with van der Waals surface area (Å²) in [5.41, 5.74) is 5.81. The molecule has 10 aromatic carbocycles. The molecule has 0 spiro atoms. The summed E-state index contributed by atoms with van der Waals surface area (Å²) in [5, 5.41) is 12.6. The standard InChI is InChI=1S/C54H37NOSi/c1-2-18-45(19-3-1)57(53-26-10-8-24-51(53)56-52-25-9-11-27-54(52)57)46-35-31-41-36-44(34-30-42(41)37-46)55(50-23-13-17-39-15-5-7-21-49(39)50)43-32-28-40(29-33-43)48-22-12-16-38-14-4-6-20-47(38)48/h1-37H. The van der Waals surface area contributed by atoms with Gasteiger partial charge in [0.15, 0.2) is 8.07 Å². The molecule has 0 aromatic heterocycles. The topological polar surface area (TPSA) is 12.5 Å². The van der Waals surface area contributed by atoms with Gasteiger partial charge in [0.2, 0.25) is 0 Å². The van der Waals surface area contributed by atoms with Gasteiger partial charge >= 0.3 is 0 Å². The molecule has 0 bridgehead atoms. The summed E-state index contributed by atoms with van der Waals surface area (Å²) in [6, 6.07) is 82.0. The fraction of sp³-hybridized carbons (Fsp3) is 0. The Kier molecular flexibility index (Phi) is 7.87. The number of para-hydroxylation sites is 2. The minimum atomic E-state index is -2.75. The SMILES string of the molecule is c1ccc([Si]2(c3ccc4cc(N(c5ccc(-c6cccc7ccccc67)cc5)c5cccc6ccccc56)ccc4c3)c3ccccc3Oc3ccccc32)cc1. The second-order valence-electron chi connectivity index (χ2n) is 14.9. The third-order valence-electron chi connectivity index (χ3n) is 11.8. The van der Waals surface area contributed by atoms with Crippen molar-refractivity contribution in [3.8, 4) is 22.6 Å². The van der Waals surface area contributed by atoms with Crippen molar-refractivity contribution < 1.29 is 4.74 Å². The highest BCUT2D eigenvalue weighted by Gasteiger charge is 2.47. The molecule has 1 aliphatic rings. The quantitative estimate of drug-likeness (QED) is 0.157. The van der Waals surface area contributed by atoms with Crippen molar-refractivity contribution in [1.82, 2.24) is 0 Å². The zero-order valence-electron chi connectivity index (χ0n) is 31.2. The van der Waals surface area contributed by atoms with Crippen LogP contribution in [-0.4, -0.2) is 8.07 Å². The Morgan fingerprint density at radius 2 is 0.912 bits per heavy atom. The molecule has 0 aliphatic carbocycles. The predicted molar refractivity (Wildman–Crippen MR) is 243 cm³/mol. The van der Waals surface area contributed by atoms with Crippen LogP contribution in [0.5, 0.6) is 11.5 Å². The van der Waals surface area contributed by atoms with Crippen molar-refractivity contribution in [2.24, 2.45) is 0 Å². The molecule has 0 atom stereocenters. The summed E-state index contributed by atoms with van der Waals surface area (Å²) in [6.07, 6.45) is 0. The van der Waals surface area contributed by atoms with Crippen LogP contribution in [0.4, 0.5) is 17.1 Å². The summed E-state index contributed by atoms with van der Waals surface area (Å²) in [5.74, 6) is 1.89. The van der Waals surface area contributed by atoms with Crippen LogP contribution >= 0.6 is 0 Å². The molecule has 3 heteroatoms. The monoisotopic (exact) mass is 743 g/mol. The number of ether oxygens (including phenoxy) is 1. The number of hydrogen-bond acceptors (Lipinski definition) is 2. The van der Waals surface area contributed by atoms with Gasteiger partial charge in [-0.2, -0.15) is 0 Å². The lowest BCUT2D eigenvalue weighted by atomic mass is 9.98. The third-order valence-corrected chi connectivity index (χ3v) is 16.6. The van der Waals surface area contributed by atoms with Crippen LogP contribution in [0.25, 0.3) is 43.4 Å². The van der Waals surface area contributed by atoms with Crippen molar-refractivity contribution >= 4 is 78.2 Å². The number of benzene rings is 10. The van der Waals surface area contributed by atoms with Gasteiger partial charge in [-0.25, -0.2) is 0 Å². The first-order chi connectivity index (χ1) is 28.3. The average Bonchev–Trinajstić information content (AvgIpc) is 3.28. The van der Waals surface area contributed by atoms with Gasteiger partial charge in [0.05, 0.1) is 5.69 Å². The van der Waals surface area contributed by atoms with E-state index in [0.29, 0.717) is 0 Å². The number of anilines is 3. The van der Waals surface area contributed by atoms with E-state index in [2.05, 4.69) is 229 Å². The third kappa shape index (κ3) is 5.39. The first-order valence-electron chi connectivity index (χ1n) is 19.6. The first-order valence-corrected chi connectivity index (χ1v) is 21.6. The highest BCUT2D eigenvalue weighted by molar-refractivity contribution is 7.20. The van der Waals surface area contributed by atoms with E-state index in [1.165, 1.54) is 64.2 Å². The van der Waals surface area contributed by atoms with Gasteiger partial charge in [-0.1, -0.05) is 182 Å². The van der Waals surface area contributed by atoms with Crippen molar-refractivity contribution in [3.63, 3.8) is 0 Å². The molecule has 0 amide bonds. The van der Waals surface area contributed by atoms with E-state index in [1.807, 2.05) is 0 Å². The lowest BCUT2D eigenvalue weighted by Crippen LogP contribution is -2.76. The highest BCUT2D eigenvalue weighted by atomic mass is 28.3. The molecule has 0 radical (unpaired) electrons. The van der Waals surface area contributed by atoms with Gasteiger partial charge < -0.3 is 9.64 Å². The maximum atomic E-state index is 6.60. The molecule has 0 unspecified atom stereocenters. The average molecular weight is 744 g/mol. The Balaban J connectivity index is 1.08. The summed E-state index contributed by atoms with van der Waals surface area (Å²) in [4.78, 5) is 2.41. The van der Waals surface area contributed by atoms with Gasteiger partial charge in [0.1, 0.15) is 11.5 Å². The molecule has 0 saturated heterocycles. The van der Waals surface area contributed by atoms with Gasteiger partial charge in [0.25, 0.3) is 0 Å². The van der Waals surface area contributed by atoms with Crippen molar-refractivity contribution in [2.45, 2.75) is 0 Å². The summed E-state index contributed by atoms with van der Waals surface area (Å²) < 4.78 is 6.60. The number of nitrogens with zero attached hydrogens (tertiary/aromatic N) is 1. The van der Waals surface area contributed by atoms with Gasteiger partial charge in [-0.05, 0) is 101 Å². The summed E-state index contributed by atoms with van der Waals surface area (Å²) in [7, 11) is -2.75. The number of rotatable bonds is 6. The maximum Gasteiger partial charge on any atom is 0.188 e. The van der Waals surface area contributed by atoms with E-state index in [1.54, 1.807) is 0 Å². The van der Waals surface area contributed by atoms with Crippen LogP contribution in [0.2, 0.25) is 0 Å². The molecule has 0 fully saturated rings. The zero-order chi connectivity index (χ0) is 37.8. The fourth-order valence-electron chi connectivity index (χ4n) is 9.17. The number of fused-ring (bicyclic) bond motifs is 5. The van der Waals surface area contributed by atoms with E-state index in [4.69, 9.17) is 4.74 Å². The highest BCUT2D eigenvalue weighted by Crippen LogP contribution is 2.41. The Hall–Kier alpha value is -7.20. The van der Waals surface area contributed by atoms with Crippen LogP contribution < -0.4 is 30.4 Å². The Bertz CT molecular complexity index is 3060. The van der Waals surface area contributed by atoms with Gasteiger partial charge in [0, 0.05) is 16.8 Å². The van der Waals surface area contributed by atoms with E-state index < -0.39 is 8.07 Å². The van der Waals surface area contributed by atoms with Gasteiger partial charge in [-0.15, -0.1) is 0 Å². The van der Waals surface area contributed by atoms with E-state index in [-0.39, 0.29) is 0 Å². The molecule has 0 saturated carbocycles. The summed E-state index contributed by atoms with van der Waals surface area (Å²) >= 11 is 0. The zero-order valence-corrected chi connectivity index (χ0v) is 32.2. The van der Waals surface area contributed by atoms with Gasteiger partial charge in [-0.3, -0.25) is 0 Å².